The molecule has 0 saturated heterocycles. The van der Waals surface area contributed by atoms with Gasteiger partial charge in [-0.15, -0.1) is 0 Å². The molecule has 0 fully saturated rings. The number of hydrogen-bond acceptors (Lipinski definition) is 1. The molecule has 0 aliphatic carbocycles. The van der Waals surface area contributed by atoms with E-state index >= 15 is 0 Å². The van der Waals surface area contributed by atoms with Gasteiger partial charge in [0.1, 0.15) is 0 Å². The number of hydrogen-bond donors (Lipinski definition) is 0. The lowest BCUT2D eigenvalue weighted by Crippen LogP contribution is -2.74. The summed E-state index contributed by atoms with van der Waals surface area (Å²) in [6, 6.07) is 48.9. The smallest absolute Gasteiger partial charge is 0.220 e. The van der Waals surface area contributed by atoms with Crippen molar-refractivity contribution in [3.05, 3.63) is 163 Å². The monoisotopic (exact) mass is 571 g/mol. The van der Waals surface area contributed by atoms with Crippen molar-refractivity contribution in [3.8, 4) is 5.69 Å². The van der Waals surface area contributed by atoms with Crippen molar-refractivity contribution in [3.63, 3.8) is 0 Å². The van der Waals surface area contributed by atoms with Gasteiger partial charge in [-0.1, -0.05) is 127 Å². The van der Waals surface area contributed by atoms with Crippen molar-refractivity contribution >= 4 is 57.8 Å². The zero-order valence-electron chi connectivity index (χ0n) is 24.5. The van der Waals surface area contributed by atoms with E-state index < -0.39 is 8.07 Å². The Labute approximate surface area is 253 Å². The molecule has 0 aliphatic rings. The standard InChI is InChI=1S/C39H33N3Si/c1-4-16-35-36(5-2)42-38-26-13-12-25-37(38)41(39(42)40-35)30-18-15-24-34(28-30)43(31-19-8-6-9-20-31,32-21-10-7-11-22-32)33-23-14-17-29(3)27-33/h4-28H,2H2,1,3H3/b16-4-. The minimum absolute atomic E-state index is 0.878. The van der Waals surface area contributed by atoms with Gasteiger partial charge in [-0.3, -0.25) is 8.97 Å². The molecular weight excluding hydrogens is 539 g/mol. The predicted molar refractivity (Wildman–Crippen MR) is 185 cm³/mol. The summed E-state index contributed by atoms with van der Waals surface area (Å²) < 4.78 is 4.52. The van der Waals surface area contributed by atoms with Gasteiger partial charge in [0.15, 0.2) is 8.07 Å². The highest BCUT2D eigenvalue weighted by atomic mass is 28.3. The second-order valence-corrected chi connectivity index (χ2v) is 14.8. The fourth-order valence-electron chi connectivity index (χ4n) is 6.64. The Kier molecular flexibility index (Phi) is 6.76. The molecule has 0 amide bonds. The second-order valence-electron chi connectivity index (χ2n) is 10.9. The molecule has 5 aromatic carbocycles. The van der Waals surface area contributed by atoms with Gasteiger partial charge < -0.3 is 0 Å². The van der Waals surface area contributed by atoms with Gasteiger partial charge in [0.25, 0.3) is 0 Å². The zero-order valence-corrected chi connectivity index (χ0v) is 25.5. The number of para-hydroxylation sites is 2. The maximum atomic E-state index is 5.14. The molecule has 2 heterocycles. The van der Waals surface area contributed by atoms with Crippen LogP contribution in [-0.2, 0) is 0 Å². The Balaban J connectivity index is 1.58. The number of imidazole rings is 2. The van der Waals surface area contributed by atoms with E-state index in [1.165, 1.54) is 26.3 Å². The summed E-state index contributed by atoms with van der Waals surface area (Å²) in [6.07, 6.45) is 5.99. The van der Waals surface area contributed by atoms with Crippen LogP contribution in [0.25, 0.3) is 34.7 Å². The van der Waals surface area contributed by atoms with Crippen LogP contribution < -0.4 is 20.7 Å². The Bertz CT molecular complexity index is 2080. The lowest BCUT2D eigenvalue weighted by molar-refractivity contribution is 1.10. The SMILES string of the molecule is C=Cc1c(/C=C\C)nc2n(-c3cccc([Si](c4ccccc4)(c4ccccc4)c4cccc(C)c4)c3)c3ccccc3n12. The van der Waals surface area contributed by atoms with Gasteiger partial charge >= 0.3 is 0 Å². The van der Waals surface area contributed by atoms with Crippen molar-refractivity contribution in [1.82, 2.24) is 14.0 Å². The maximum Gasteiger partial charge on any atom is 0.220 e. The van der Waals surface area contributed by atoms with Crippen LogP contribution in [0.3, 0.4) is 0 Å². The van der Waals surface area contributed by atoms with E-state index in [4.69, 9.17) is 4.98 Å². The normalized spacial score (nSPS) is 12.0. The van der Waals surface area contributed by atoms with Crippen LogP contribution >= 0.6 is 0 Å². The molecule has 3 nitrogen and oxygen atoms in total. The molecule has 0 radical (unpaired) electrons. The minimum atomic E-state index is -2.70. The molecule has 0 atom stereocenters. The summed E-state index contributed by atoms with van der Waals surface area (Å²) in [4.78, 5) is 5.14. The first-order chi connectivity index (χ1) is 21.2. The van der Waals surface area contributed by atoms with Crippen molar-refractivity contribution in [2.24, 2.45) is 0 Å². The summed E-state index contributed by atoms with van der Waals surface area (Å²) in [5.74, 6) is 0.878. The third kappa shape index (κ3) is 4.22. The number of allylic oxidation sites excluding steroid dienone is 1. The highest BCUT2D eigenvalue weighted by Gasteiger charge is 2.41. The molecule has 4 heteroatoms. The van der Waals surface area contributed by atoms with E-state index in [1.807, 2.05) is 19.1 Å². The number of aromatic nitrogens is 3. The molecule has 0 bridgehead atoms. The van der Waals surface area contributed by atoms with E-state index in [9.17, 15) is 0 Å². The van der Waals surface area contributed by atoms with E-state index in [0.29, 0.717) is 0 Å². The summed E-state index contributed by atoms with van der Waals surface area (Å²) in [5.41, 5.74) is 6.49. The fourth-order valence-corrected chi connectivity index (χ4v) is 11.5. The first-order valence-electron chi connectivity index (χ1n) is 14.7. The van der Waals surface area contributed by atoms with Gasteiger partial charge in [0.05, 0.1) is 22.4 Å². The summed E-state index contributed by atoms with van der Waals surface area (Å²) >= 11 is 0. The van der Waals surface area contributed by atoms with Crippen LogP contribution in [0.5, 0.6) is 0 Å². The van der Waals surface area contributed by atoms with Crippen LogP contribution in [0.4, 0.5) is 0 Å². The summed E-state index contributed by atoms with van der Waals surface area (Å²) in [6.45, 7) is 8.35. The molecule has 43 heavy (non-hydrogen) atoms. The summed E-state index contributed by atoms with van der Waals surface area (Å²) in [7, 11) is -2.70. The molecule has 0 N–H and O–H groups in total. The number of aryl methyl sites for hydroxylation is 1. The van der Waals surface area contributed by atoms with Crippen molar-refractivity contribution in [1.29, 1.82) is 0 Å². The van der Waals surface area contributed by atoms with Gasteiger partial charge in [-0.05, 0) is 71.0 Å². The molecule has 208 valence electrons. The zero-order chi connectivity index (χ0) is 29.4. The molecule has 7 rings (SSSR count). The molecule has 0 aliphatic heterocycles. The van der Waals surface area contributed by atoms with Crippen LogP contribution in [0.1, 0.15) is 23.9 Å². The predicted octanol–water partition coefficient (Wildman–Crippen LogP) is 6.64. The largest absolute Gasteiger partial charge is 0.278 e. The third-order valence-electron chi connectivity index (χ3n) is 8.41. The molecule has 2 aromatic heterocycles. The lowest BCUT2D eigenvalue weighted by atomic mass is 10.2. The molecule has 7 aromatic rings. The fraction of sp³-hybridized carbons (Fsp3) is 0.0513. The Hall–Kier alpha value is -5.19. The van der Waals surface area contributed by atoms with Gasteiger partial charge in [0, 0.05) is 5.69 Å². The highest BCUT2D eigenvalue weighted by molar-refractivity contribution is 7.19. The average molecular weight is 572 g/mol. The van der Waals surface area contributed by atoms with E-state index in [-0.39, 0.29) is 0 Å². The molecular formula is C39H33N3Si. The highest BCUT2D eigenvalue weighted by Crippen LogP contribution is 2.29. The van der Waals surface area contributed by atoms with Crippen molar-refractivity contribution in [2.75, 3.05) is 0 Å². The summed E-state index contributed by atoms with van der Waals surface area (Å²) in [5, 5.41) is 5.41. The number of rotatable bonds is 7. The topological polar surface area (TPSA) is 22.2 Å². The Morgan fingerprint density at radius 2 is 1.23 bits per heavy atom. The van der Waals surface area contributed by atoms with Gasteiger partial charge in [0.2, 0.25) is 5.78 Å². The number of nitrogens with zero attached hydrogens (tertiary/aromatic N) is 3. The quantitative estimate of drug-likeness (QED) is 0.155. The Morgan fingerprint density at radius 3 is 1.86 bits per heavy atom. The van der Waals surface area contributed by atoms with Crippen molar-refractivity contribution < 1.29 is 0 Å². The third-order valence-corrected chi connectivity index (χ3v) is 13.2. The van der Waals surface area contributed by atoms with E-state index in [2.05, 4.69) is 162 Å². The van der Waals surface area contributed by atoms with E-state index in [1.54, 1.807) is 0 Å². The average Bonchev–Trinajstić information content (AvgIpc) is 3.56. The minimum Gasteiger partial charge on any atom is -0.278 e. The van der Waals surface area contributed by atoms with Crippen molar-refractivity contribution in [2.45, 2.75) is 13.8 Å². The van der Waals surface area contributed by atoms with Gasteiger partial charge in [-0.2, -0.15) is 0 Å². The van der Waals surface area contributed by atoms with Crippen LogP contribution in [-0.4, -0.2) is 22.0 Å². The van der Waals surface area contributed by atoms with Gasteiger partial charge in [-0.25, -0.2) is 4.98 Å². The maximum absolute atomic E-state index is 5.14. The molecule has 0 spiro atoms. The number of fused-ring (bicyclic) bond motifs is 3. The lowest BCUT2D eigenvalue weighted by Gasteiger charge is -2.35. The van der Waals surface area contributed by atoms with E-state index in [0.717, 1.165) is 33.9 Å². The molecule has 0 unspecified atom stereocenters. The molecule has 0 saturated carbocycles. The van der Waals surface area contributed by atoms with Crippen LogP contribution in [0.2, 0.25) is 0 Å². The first kappa shape index (κ1) is 26.7. The Morgan fingerprint density at radius 1 is 0.651 bits per heavy atom. The number of benzene rings is 5. The van der Waals surface area contributed by atoms with Crippen LogP contribution in [0.15, 0.2) is 146 Å². The first-order valence-corrected chi connectivity index (χ1v) is 16.7. The van der Waals surface area contributed by atoms with Crippen LogP contribution in [0, 0.1) is 6.92 Å². The second kappa shape index (κ2) is 10.9.